The second-order valence-electron chi connectivity index (χ2n) is 8.46. The molecule has 2 aromatic heterocycles. The molecule has 2 aliphatic rings. The summed E-state index contributed by atoms with van der Waals surface area (Å²) in [6.07, 6.45) is 3.28. The molecule has 1 aliphatic heterocycles. The van der Waals surface area contributed by atoms with E-state index in [0.717, 1.165) is 12.8 Å². The zero-order chi connectivity index (χ0) is 21.6. The highest BCUT2D eigenvalue weighted by Crippen LogP contribution is 2.40. The van der Waals surface area contributed by atoms with Gasteiger partial charge in [-0.1, -0.05) is 13.8 Å². The van der Waals surface area contributed by atoms with Gasteiger partial charge < -0.3 is 24.0 Å². The summed E-state index contributed by atoms with van der Waals surface area (Å²) < 4.78 is 12.2. The first-order valence-corrected chi connectivity index (χ1v) is 9.83. The first kappa shape index (κ1) is 20.4. The predicted molar refractivity (Wildman–Crippen MR) is 108 cm³/mol. The Kier molecular flexibility index (Phi) is 5.07. The molecular weight excluding hydrogens is 389 g/mol. The molecule has 0 saturated heterocycles. The second kappa shape index (κ2) is 7.44. The molecule has 30 heavy (non-hydrogen) atoms. The number of amides is 1. The Morgan fingerprint density at radius 3 is 2.77 bits per heavy atom. The number of esters is 1. The monoisotopic (exact) mass is 413 g/mol. The van der Waals surface area contributed by atoms with Crippen molar-refractivity contribution in [3.8, 4) is 5.75 Å². The number of hydrogen-bond acceptors (Lipinski definition) is 7. The van der Waals surface area contributed by atoms with E-state index in [1.165, 1.54) is 35.3 Å². The molecule has 0 radical (unpaired) electrons. The number of carbonyl (C=O) groups is 2. The van der Waals surface area contributed by atoms with Crippen LogP contribution in [0, 0.1) is 5.41 Å². The van der Waals surface area contributed by atoms with Crippen LogP contribution in [0.2, 0.25) is 0 Å². The lowest BCUT2D eigenvalue weighted by Gasteiger charge is -2.31. The van der Waals surface area contributed by atoms with Crippen molar-refractivity contribution in [2.75, 3.05) is 11.4 Å². The molecule has 0 fully saturated rings. The summed E-state index contributed by atoms with van der Waals surface area (Å²) in [6.45, 7) is 6.51. The Hall–Kier alpha value is -2.85. The van der Waals surface area contributed by atoms with E-state index >= 15 is 0 Å². The molecule has 2 N–H and O–H groups in total. The third-order valence-corrected chi connectivity index (χ3v) is 5.52. The van der Waals surface area contributed by atoms with Crippen molar-refractivity contribution in [1.82, 2.24) is 9.55 Å². The predicted octanol–water partition coefficient (Wildman–Crippen LogP) is 1.08. The molecule has 9 nitrogen and oxygen atoms in total. The van der Waals surface area contributed by atoms with Gasteiger partial charge in [-0.15, -0.1) is 0 Å². The molecule has 0 saturated carbocycles. The van der Waals surface area contributed by atoms with Crippen molar-refractivity contribution < 1.29 is 29.0 Å². The molecule has 3 heterocycles. The fourth-order valence-electron chi connectivity index (χ4n) is 4.34. The lowest BCUT2D eigenvalue weighted by molar-refractivity contribution is -0.142. The lowest BCUT2D eigenvalue weighted by atomic mass is 9.90. The maximum atomic E-state index is 13.3. The number of pyridine rings is 1. The van der Waals surface area contributed by atoms with E-state index in [1.807, 2.05) is 6.07 Å². The lowest BCUT2D eigenvalue weighted by Crippen LogP contribution is -2.42. The van der Waals surface area contributed by atoms with E-state index in [4.69, 9.17) is 9.39 Å². The Balaban J connectivity index is 1.70. The minimum atomic E-state index is -2.06. The van der Waals surface area contributed by atoms with Gasteiger partial charge in [-0.25, -0.2) is 4.98 Å². The summed E-state index contributed by atoms with van der Waals surface area (Å²) in [5, 5.41) is 18.4. The number of carbonyl (C=O) groups excluding carboxylic acids is 2. The number of ether oxygens (including phenoxy) is 1. The molecule has 0 unspecified atom stereocenters. The van der Waals surface area contributed by atoms with Crippen LogP contribution in [0.15, 0.2) is 18.3 Å². The van der Waals surface area contributed by atoms with Gasteiger partial charge in [0.05, 0.1) is 5.56 Å². The van der Waals surface area contributed by atoms with Crippen molar-refractivity contribution in [2.24, 2.45) is 5.41 Å². The van der Waals surface area contributed by atoms with Gasteiger partial charge in [-0.05, 0) is 36.0 Å². The molecule has 1 aliphatic carbocycles. The van der Waals surface area contributed by atoms with Gasteiger partial charge in [-0.2, -0.15) is 0 Å². The fraction of sp³-hybridized carbons (Fsp3) is 0.450. The molecule has 0 spiro atoms. The third-order valence-electron chi connectivity index (χ3n) is 5.52. The van der Waals surface area contributed by atoms with Gasteiger partial charge in [0.2, 0.25) is 0 Å². The molecule has 0 bridgehead atoms. The van der Waals surface area contributed by atoms with Gasteiger partial charge in [0, 0.05) is 31.9 Å². The third kappa shape index (κ3) is 3.68. The van der Waals surface area contributed by atoms with Crippen molar-refractivity contribution in [1.29, 1.82) is 0 Å². The van der Waals surface area contributed by atoms with Crippen LogP contribution in [0.5, 0.6) is 5.75 Å². The van der Waals surface area contributed by atoms with E-state index in [9.17, 15) is 19.6 Å². The van der Waals surface area contributed by atoms with Gasteiger partial charge in [0.15, 0.2) is 0 Å². The summed E-state index contributed by atoms with van der Waals surface area (Å²) in [5.41, 5.74) is 3.52. The molecule has 2 aromatic rings. The van der Waals surface area contributed by atoms with Crippen molar-refractivity contribution in [3.63, 3.8) is 0 Å². The van der Waals surface area contributed by atoms with Gasteiger partial charge in [-0.3, -0.25) is 14.5 Å². The number of rotatable bonds is 5. The molecule has 1 amide bonds. The Morgan fingerprint density at radius 1 is 1.30 bits per heavy atom. The number of hydrogen-bond donors (Lipinski definition) is 2. The summed E-state index contributed by atoms with van der Waals surface area (Å²) in [4.78, 5) is 30.5. The number of aromatic nitrogens is 2. The van der Waals surface area contributed by atoms with E-state index in [1.54, 1.807) is 0 Å². The molecule has 0 aromatic carbocycles. The zero-order valence-corrected chi connectivity index (χ0v) is 17.2. The number of anilines is 1. The van der Waals surface area contributed by atoms with Crippen LogP contribution >= 0.6 is 0 Å². The van der Waals surface area contributed by atoms with Gasteiger partial charge in [0.1, 0.15) is 23.9 Å². The molecule has 158 valence electrons. The van der Waals surface area contributed by atoms with Crippen molar-refractivity contribution in [3.05, 3.63) is 40.8 Å². The van der Waals surface area contributed by atoms with E-state index in [0.29, 0.717) is 24.3 Å². The first-order valence-electron chi connectivity index (χ1n) is 9.83. The van der Waals surface area contributed by atoms with Gasteiger partial charge >= 0.3 is 13.3 Å². The topological polar surface area (TPSA) is 114 Å². The smallest absolute Gasteiger partial charge is 0.511 e. The largest absolute Gasteiger partial charge is 0.707 e. The Morgan fingerprint density at radius 2 is 2.07 bits per heavy atom. The second-order valence-corrected chi connectivity index (χ2v) is 8.46. The molecule has 4 rings (SSSR count). The van der Waals surface area contributed by atoms with Crippen LogP contribution in [-0.4, -0.2) is 45.3 Å². The quantitative estimate of drug-likeness (QED) is 0.557. The average molecular weight is 413 g/mol. The van der Waals surface area contributed by atoms with Crippen LogP contribution in [0.1, 0.15) is 48.1 Å². The normalized spacial score (nSPS) is 16.8. The maximum absolute atomic E-state index is 13.3. The summed E-state index contributed by atoms with van der Waals surface area (Å²) in [7, 11) is -2.06. The van der Waals surface area contributed by atoms with Gasteiger partial charge in [0.25, 0.3) is 5.91 Å². The van der Waals surface area contributed by atoms with E-state index in [2.05, 4.69) is 23.4 Å². The van der Waals surface area contributed by atoms with E-state index < -0.39 is 13.3 Å². The maximum Gasteiger partial charge on any atom is 0.707 e. The van der Waals surface area contributed by atoms with E-state index in [-0.39, 0.29) is 29.5 Å². The molecular formula is C20H24BN3O6. The highest BCUT2D eigenvalue weighted by molar-refractivity contribution is 6.33. The SMILES string of the molecule is CC(=O)OCc1c(OB(O)O)ccnc1N1CCn2c(cc3c2CC(C)(C)C3)C1=O. The van der Waals surface area contributed by atoms with Crippen LogP contribution in [0.4, 0.5) is 5.82 Å². The zero-order valence-electron chi connectivity index (χ0n) is 17.2. The Labute approximate surface area is 174 Å². The summed E-state index contributed by atoms with van der Waals surface area (Å²) in [6, 6.07) is 3.39. The standard InChI is InChI=1S/C20H24BN3O6/c1-12(25)29-11-14-17(30-21(27)28)4-5-22-18(14)24-7-6-23-15(19(24)26)8-13-9-20(2,3)10-16(13)23/h4-5,8,27-28H,6-7,9-11H2,1-3H3. The average Bonchev–Trinajstić information content (AvgIpc) is 3.13. The fourth-order valence-corrected chi connectivity index (χ4v) is 4.34. The molecule has 10 heteroatoms. The van der Waals surface area contributed by atoms with Crippen molar-refractivity contribution >= 4 is 25.0 Å². The summed E-state index contributed by atoms with van der Waals surface area (Å²) >= 11 is 0. The highest BCUT2D eigenvalue weighted by atomic mass is 16.6. The minimum Gasteiger partial charge on any atom is -0.511 e. The molecule has 0 atom stereocenters. The number of nitrogens with zero attached hydrogens (tertiary/aromatic N) is 3. The van der Waals surface area contributed by atoms with Crippen LogP contribution in [0.25, 0.3) is 0 Å². The summed E-state index contributed by atoms with van der Waals surface area (Å²) in [5.74, 6) is -0.369. The highest BCUT2D eigenvalue weighted by Gasteiger charge is 2.37. The Bertz CT molecular complexity index is 1020. The van der Waals surface area contributed by atoms with Crippen LogP contribution in [0.3, 0.4) is 0 Å². The van der Waals surface area contributed by atoms with Crippen LogP contribution in [-0.2, 0) is 35.5 Å². The number of fused-ring (bicyclic) bond motifs is 3. The van der Waals surface area contributed by atoms with Crippen LogP contribution < -0.4 is 9.55 Å². The minimum absolute atomic E-state index is 0.0780. The first-order chi connectivity index (χ1) is 14.2. The van der Waals surface area contributed by atoms with Crippen molar-refractivity contribution in [2.45, 2.75) is 46.8 Å².